The monoisotopic (exact) mass is 461 g/mol. The zero-order valence-electron chi connectivity index (χ0n) is 18.1. The molecule has 2 aromatic carbocycles. The molecule has 0 atom stereocenters. The Morgan fingerprint density at radius 2 is 1.97 bits per heavy atom. The number of hydrogen-bond donors (Lipinski definition) is 1. The maximum absolute atomic E-state index is 12.5. The molecule has 168 valence electrons. The highest BCUT2D eigenvalue weighted by Gasteiger charge is 2.28. The quantitative estimate of drug-likeness (QED) is 0.483. The van der Waals surface area contributed by atoms with Crippen LogP contribution in [0.1, 0.15) is 29.0 Å². The first-order valence-corrected chi connectivity index (χ1v) is 11.7. The van der Waals surface area contributed by atoms with Crippen molar-refractivity contribution in [2.24, 2.45) is 11.7 Å². The van der Waals surface area contributed by atoms with Gasteiger partial charge in [0.05, 0.1) is 40.5 Å². The molecular formula is C25H24ClN5O2. The lowest BCUT2D eigenvalue weighted by Gasteiger charge is -2.29. The number of hydrogen-bond acceptors (Lipinski definition) is 5. The molecule has 0 spiro atoms. The van der Waals surface area contributed by atoms with E-state index in [1.807, 2.05) is 30.3 Å². The lowest BCUT2D eigenvalue weighted by molar-refractivity contribution is 0.100. The summed E-state index contributed by atoms with van der Waals surface area (Å²) in [6.45, 7) is 2.84. The molecule has 7 nitrogen and oxygen atoms in total. The second-order valence-corrected chi connectivity index (χ2v) is 9.21. The fourth-order valence-corrected chi connectivity index (χ4v) is 4.93. The zero-order valence-corrected chi connectivity index (χ0v) is 18.9. The van der Waals surface area contributed by atoms with Crippen molar-refractivity contribution in [3.63, 3.8) is 0 Å². The van der Waals surface area contributed by atoms with Crippen LogP contribution < -0.4 is 10.6 Å². The Hall–Kier alpha value is -3.16. The number of primary amides is 1. The predicted molar refractivity (Wildman–Crippen MR) is 129 cm³/mol. The predicted octanol–water partition coefficient (Wildman–Crippen LogP) is 4.12. The van der Waals surface area contributed by atoms with Gasteiger partial charge in [-0.15, -0.1) is 0 Å². The molecule has 2 N–H and O–H groups in total. The summed E-state index contributed by atoms with van der Waals surface area (Å²) < 4.78 is 7.69. The summed E-state index contributed by atoms with van der Waals surface area (Å²) in [5.74, 6) is 1.08. The van der Waals surface area contributed by atoms with E-state index in [9.17, 15) is 4.79 Å². The number of carbonyl (C=O) groups is 1. The second kappa shape index (κ2) is 8.01. The van der Waals surface area contributed by atoms with Crippen LogP contribution in [-0.2, 0) is 11.2 Å². The van der Waals surface area contributed by atoms with Crippen molar-refractivity contribution in [3.8, 4) is 5.69 Å². The van der Waals surface area contributed by atoms with E-state index in [0.717, 1.165) is 53.1 Å². The Labute approximate surface area is 196 Å². The first kappa shape index (κ1) is 20.4. The largest absolute Gasteiger partial charge is 0.378 e. The minimum atomic E-state index is -0.472. The molecule has 1 amide bonds. The maximum Gasteiger partial charge on any atom is 0.251 e. The van der Waals surface area contributed by atoms with Crippen LogP contribution in [0.5, 0.6) is 0 Å². The molecule has 2 aliphatic rings. The van der Waals surface area contributed by atoms with Gasteiger partial charge in [-0.25, -0.2) is 4.98 Å². The Balaban J connectivity index is 1.65. The van der Waals surface area contributed by atoms with E-state index in [-0.39, 0.29) is 0 Å². The summed E-state index contributed by atoms with van der Waals surface area (Å²) in [5, 5.41) is 1.55. The first-order valence-electron chi connectivity index (χ1n) is 11.3. The Morgan fingerprint density at radius 3 is 2.73 bits per heavy atom. The maximum atomic E-state index is 12.5. The molecule has 0 radical (unpaired) electrons. The molecule has 6 rings (SSSR count). The van der Waals surface area contributed by atoms with Crippen LogP contribution in [0.4, 0.5) is 5.69 Å². The fourth-order valence-electron chi connectivity index (χ4n) is 4.71. The first-order chi connectivity index (χ1) is 16.1. The van der Waals surface area contributed by atoms with Gasteiger partial charge in [0, 0.05) is 36.8 Å². The van der Waals surface area contributed by atoms with Crippen LogP contribution in [0.3, 0.4) is 0 Å². The number of fused-ring (bicyclic) bond motifs is 2. The molecule has 4 aromatic rings. The number of ether oxygens (including phenoxy) is 1. The summed E-state index contributed by atoms with van der Waals surface area (Å²) in [6, 6.07) is 11.8. The van der Waals surface area contributed by atoms with Gasteiger partial charge in [0.2, 0.25) is 0 Å². The van der Waals surface area contributed by atoms with Crippen molar-refractivity contribution < 1.29 is 9.53 Å². The van der Waals surface area contributed by atoms with Gasteiger partial charge in [-0.1, -0.05) is 23.7 Å². The number of morpholine rings is 1. The molecule has 1 aliphatic carbocycles. The van der Waals surface area contributed by atoms with Crippen LogP contribution in [-0.4, -0.2) is 46.7 Å². The van der Waals surface area contributed by atoms with Crippen LogP contribution in [0.25, 0.3) is 27.6 Å². The third-order valence-electron chi connectivity index (χ3n) is 6.56. The number of nitrogens with zero attached hydrogens (tertiary/aromatic N) is 4. The van der Waals surface area contributed by atoms with Crippen molar-refractivity contribution in [2.45, 2.75) is 19.3 Å². The second-order valence-electron chi connectivity index (χ2n) is 8.80. The van der Waals surface area contributed by atoms with E-state index in [2.05, 4.69) is 20.5 Å². The summed E-state index contributed by atoms with van der Waals surface area (Å²) >= 11 is 6.47. The van der Waals surface area contributed by atoms with Crippen LogP contribution in [0, 0.1) is 5.92 Å². The normalized spacial score (nSPS) is 16.6. The average Bonchev–Trinajstić information content (AvgIpc) is 3.57. The van der Waals surface area contributed by atoms with Gasteiger partial charge in [-0.3, -0.25) is 14.3 Å². The van der Waals surface area contributed by atoms with Gasteiger partial charge in [0.1, 0.15) is 11.3 Å². The molecule has 1 saturated carbocycles. The molecule has 0 unspecified atom stereocenters. The standard InChI is InChI=1S/C25H24ClN5O2/c26-19-3-1-2-17-20(6-7-28-23(17)19)31-21-14-16(30-8-10-33-11-9-30)13-18(25(27)32)24(21)29-22(31)12-15-4-5-15/h1-3,6-7,13-15H,4-5,8-12H2,(H2,27,32). The topological polar surface area (TPSA) is 86.3 Å². The Morgan fingerprint density at radius 1 is 1.15 bits per heavy atom. The highest BCUT2D eigenvalue weighted by atomic mass is 35.5. The molecule has 2 fully saturated rings. The van der Waals surface area contributed by atoms with Crippen molar-refractivity contribution in [3.05, 3.63) is 59.0 Å². The third-order valence-corrected chi connectivity index (χ3v) is 6.87. The molecule has 1 saturated heterocycles. The number of amides is 1. The molecule has 2 aromatic heterocycles. The van der Waals surface area contributed by atoms with E-state index in [1.54, 1.807) is 6.20 Å². The van der Waals surface area contributed by atoms with E-state index in [1.165, 1.54) is 12.8 Å². The Bertz CT molecular complexity index is 1390. The van der Waals surface area contributed by atoms with Crippen molar-refractivity contribution in [1.82, 2.24) is 14.5 Å². The minimum Gasteiger partial charge on any atom is -0.378 e. The lowest BCUT2D eigenvalue weighted by atomic mass is 10.1. The van der Waals surface area contributed by atoms with Gasteiger partial charge in [0.15, 0.2) is 0 Å². The van der Waals surface area contributed by atoms with Gasteiger partial charge >= 0.3 is 0 Å². The average molecular weight is 462 g/mol. The summed E-state index contributed by atoms with van der Waals surface area (Å²) in [5.41, 5.74) is 10.5. The number of pyridine rings is 1. The van der Waals surface area contributed by atoms with Crippen molar-refractivity contribution >= 4 is 45.1 Å². The number of anilines is 1. The minimum absolute atomic E-state index is 0.446. The fraction of sp³-hybridized carbons (Fsp3) is 0.320. The van der Waals surface area contributed by atoms with E-state index in [4.69, 9.17) is 27.1 Å². The van der Waals surface area contributed by atoms with E-state index >= 15 is 0 Å². The summed E-state index contributed by atoms with van der Waals surface area (Å²) in [4.78, 5) is 24.2. The number of para-hydroxylation sites is 1. The van der Waals surface area contributed by atoms with Gasteiger partial charge < -0.3 is 15.4 Å². The highest BCUT2D eigenvalue weighted by Crippen LogP contribution is 2.37. The van der Waals surface area contributed by atoms with Gasteiger partial charge in [-0.05, 0) is 43.0 Å². The molecule has 0 bridgehead atoms. The molecule has 8 heteroatoms. The zero-order chi connectivity index (χ0) is 22.5. The van der Waals surface area contributed by atoms with Crippen molar-refractivity contribution in [1.29, 1.82) is 0 Å². The molecular weight excluding hydrogens is 438 g/mol. The van der Waals surface area contributed by atoms with Crippen molar-refractivity contribution in [2.75, 3.05) is 31.2 Å². The van der Waals surface area contributed by atoms with E-state index in [0.29, 0.717) is 35.2 Å². The SMILES string of the molecule is NC(=O)c1cc(N2CCOCC2)cc2c1nc(CC1CC1)n2-c1ccnc2c(Cl)cccc12. The van der Waals surface area contributed by atoms with Crippen LogP contribution >= 0.6 is 11.6 Å². The molecule has 1 aliphatic heterocycles. The van der Waals surface area contributed by atoms with Gasteiger partial charge in [0.25, 0.3) is 5.91 Å². The summed E-state index contributed by atoms with van der Waals surface area (Å²) in [6.07, 6.45) is 5.03. The smallest absolute Gasteiger partial charge is 0.251 e. The number of aromatic nitrogens is 3. The third kappa shape index (κ3) is 3.61. The lowest BCUT2D eigenvalue weighted by Crippen LogP contribution is -2.36. The number of carbonyl (C=O) groups excluding carboxylic acids is 1. The summed E-state index contributed by atoms with van der Waals surface area (Å²) in [7, 11) is 0. The van der Waals surface area contributed by atoms with Crippen LogP contribution in [0.2, 0.25) is 5.02 Å². The highest BCUT2D eigenvalue weighted by molar-refractivity contribution is 6.35. The number of nitrogens with two attached hydrogens (primary N) is 1. The number of imidazole rings is 1. The Kier molecular flexibility index (Phi) is 4.96. The number of benzene rings is 2. The van der Waals surface area contributed by atoms with Crippen LogP contribution in [0.15, 0.2) is 42.6 Å². The molecule has 3 heterocycles. The number of halogens is 1. The molecule has 33 heavy (non-hydrogen) atoms. The number of rotatable bonds is 5. The van der Waals surface area contributed by atoms with E-state index < -0.39 is 5.91 Å². The van der Waals surface area contributed by atoms with Gasteiger partial charge in [-0.2, -0.15) is 0 Å².